The fraction of sp³-hybridized carbons (Fsp3) is 0.600. The highest BCUT2D eigenvalue weighted by Gasteiger charge is 2.34. The molecule has 100 valence electrons. The normalized spacial score (nSPS) is 21.6. The molecule has 18 heavy (non-hydrogen) atoms. The Balaban J connectivity index is 2.07. The van der Waals surface area contributed by atoms with Crippen molar-refractivity contribution in [3.8, 4) is 5.75 Å². The molecule has 0 bridgehead atoms. The summed E-state index contributed by atoms with van der Waals surface area (Å²) in [5.41, 5.74) is 0.787. The SMILES string of the molecule is CC(C)C(C)(CO)CC1Cc2cc(F)ccc2O1. The van der Waals surface area contributed by atoms with Crippen molar-refractivity contribution in [2.75, 3.05) is 6.61 Å². The van der Waals surface area contributed by atoms with E-state index in [0.29, 0.717) is 5.92 Å². The average molecular weight is 252 g/mol. The van der Waals surface area contributed by atoms with Crippen molar-refractivity contribution in [1.29, 1.82) is 0 Å². The molecule has 0 aliphatic carbocycles. The van der Waals surface area contributed by atoms with Gasteiger partial charge in [-0.3, -0.25) is 0 Å². The first kappa shape index (κ1) is 13.3. The highest BCUT2D eigenvalue weighted by molar-refractivity contribution is 5.37. The van der Waals surface area contributed by atoms with Crippen LogP contribution in [-0.4, -0.2) is 17.8 Å². The van der Waals surface area contributed by atoms with Gasteiger partial charge in [0.05, 0.1) is 0 Å². The van der Waals surface area contributed by atoms with Gasteiger partial charge in [0.2, 0.25) is 0 Å². The summed E-state index contributed by atoms with van der Waals surface area (Å²) in [6.07, 6.45) is 1.56. The van der Waals surface area contributed by atoms with Crippen molar-refractivity contribution < 1.29 is 14.2 Å². The number of fused-ring (bicyclic) bond motifs is 1. The van der Waals surface area contributed by atoms with Crippen LogP contribution in [0.15, 0.2) is 18.2 Å². The molecule has 1 N–H and O–H groups in total. The standard InChI is InChI=1S/C15H21FO2/c1-10(2)15(3,9-17)8-13-7-11-6-12(16)4-5-14(11)18-13/h4-6,10,13,17H,7-9H2,1-3H3. The van der Waals surface area contributed by atoms with Crippen LogP contribution in [0.25, 0.3) is 0 Å². The molecule has 1 aliphatic rings. The molecule has 1 aromatic carbocycles. The van der Waals surface area contributed by atoms with Gasteiger partial charge >= 0.3 is 0 Å². The van der Waals surface area contributed by atoms with Crippen LogP contribution in [0.2, 0.25) is 0 Å². The third-order valence-corrected chi connectivity index (χ3v) is 4.21. The zero-order valence-electron chi connectivity index (χ0n) is 11.2. The third kappa shape index (κ3) is 2.51. The van der Waals surface area contributed by atoms with Gasteiger partial charge in [0.1, 0.15) is 17.7 Å². The Morgan fingerprint density at radius 3 is 2.83 bits per heavy atom. The van der Waals surface area contributed by atoms with E-state index in [4.69, 9.17) is 4.74 Å². The van der Waals surface area contributed by atoms with Crippen molar-refractivity contribution >= 4 is 0 Å². The van der Waals surface area contributed by atoms with Gasteiger partial charge in [0.15, 0.2) is 0 Å². The van der Waals surface area contributed by atoms with E-state index in [0.717, 1.165) is 24.2 Å². The first-order chi connectivity index (χ1) is 8.44. The molecule has 1 aromatic rings. The summed E-state index contributed by atoms with van der Waals surface area (Å²) in [5.74, 6) is 0.948. The van der Waals surface area contributed by atoms with Gasteiger partial charge in [-0.05, 0) is 36.0 Å². The largest absolute Gasteiger partial charge is 0.490 e. The molecule has 0 saturated heterocycles. The molecule has 0 saturated carbocycles. The molecule has 2 atom stereocenters. The average Bonchev–Trinajstić information content (AvgIpc) is 2.69. The van der Waals surface area contributed by atoms with E-state index in [1.165, 1.54) is 6.07 Å². The third-order valence-electron chi connectivity index (χ3n) is 4.21. The van der Waals surface area contributed by atoms with Gasteiger partial charge in [0.25, 0.3) is 0 Å². The van der Waals surface area contributed by atoms with E-state index in [1.807, 2.05) is 0 Å². The Labute approximate surface area is 108 Å². The van der Waals surface area contributed by atoms with Crippen LogP contribution < -0.4 is 4.74 Å². The maximum atomic E-state index is 13.1. The molecular formula is C15H21FO2. The molecule has 0 fully saturated rings. The van der Waals surface area contributed by atoms with Crippen LogP contribution in [0, 0.1) is 17.2 Å². The monoisotopic (exact) mass is 252 g/mol. The van der Waals surface area contributed by atoms with Gasteiger partial charge in [-0.15, -0.1) is 0 Å². The minimum atomic E-state index is -0.216. The van der Waals surface area contributed by atoms with Crippen LogP contribution in [0.4, 0.5) is 4.39 Å². The summed E-state index contributed by atoms with van der Waals surface area (Å²) in [4.78, 5) is 0. The second-order valence-corrected chi connectivity index (χ2v) is 5.87. The predicted octanol–water partition coefficient (Wildman–Crippen LogP) is 3.17. The number of hydrogen-bond acceptors (Lipinski definition) is 2. The maximum Gasteiger partial charge on any atom is 0.123 e. The number of rotatable bonds is 4. The molecule has 0 aromatic heterocycles. The van der Waals surface area contributed by atoms with E-state index < -0.39 is 0 Å². The summed E-state index contributed by atoms with van der Waals surface area (Å²) in [5, 5.41) is 9.56. The summed E-state index contributed by atoms with van der Waals surface area (Å²) < 4.78 is 19.0. The Hall–Kier alpha value is -1.09. The zero-order valence-corrected chi connectivity index (χ0v) is 11.2. The Kier molecular flexibility index (Phi) is 3.62. The lowest BCUT2D eigenvalue weighted by molar-refractivity contribution is 0.0459. The van der Waals surface area contributed by atoms with E-state index in [9.17, 15) is 9.50 Å². The van der Waals surface area contributed by atoms with Crippen LogP contribution in [0.5, 0.6) is 5.75 Å². The summed E-state index contributed by atoms with van der Waals surface area (Å²) in [6.45, 7) is 6.44. The van der Waals surface area contributed by atoms with Gasteiger partial charge in [-0.25, -0.2) is 4.39 Å². The van der Waals surface area contributed by atoms with Crippen molar-refractivity contribution in [3.63, 3.8) is 0 Å². The molecular weight excluding hydrogens is 231 g/mol. The van der Waals surface area contributed by atoms with E-state index in [1.54, 1.807) is 12.1 Å². The molecule has 2 unspecified atom stereocenters. The minimum Gasteiger partial charge on any atom is -0.490 e. The molecule has 0 radical (unpaired) electrons. The number of hydrogen-bond donors (Lipinski definition) is 1. The number of aliphatic hydroxyl groups excluding tert-OH is 1. The lowest BCUT2D eigenvalue weighted by Crippen LogP contribution is -2.34. The fourth-order valence-corrected chi connectivity index (χ4v) is 2.41. The molecule has 1 aliphatic heterocycles. The lowest BCUT2D eigenvalue weighted by Gasteiger charge is -2.33. The predicted molar refractivity (Wildman–Crippen MR) is 69.2 cm³/mol. The van der Waals surface area contributed by atoms with Gasteiger partial charge in [-0.2, -0.15) is 0 Å². The quantitative estimate of drug-likeness (QED) is 0.891. The highest BCUT2D eigenvalue weighted by atomic mass is 19.1. The van der Waals surface area contributed by atoms with Gasteiger partial charge in [-0.1, -0.05) is 20.8 Å². The van der Waals surface area contributed by atoms with Crippen LogP contribution in [0.1, 0.15) is 32.8 Å². The number of halogens is 1. The first-order valence-corrected chi connectivity index (χ1v) is 6.50. The first-order valence-electron chi connectivity index (χ1n) is 6.50. The summed E-state index contributed by atoms with van der Waals surface area (Å²) in [6, 6.07) is 4.66. The molecule has 3 heteroatoms. The van der Waals surface area contributed by atoms with Crippen LogP contribution in [0.3, 0.4) is 0 Å². The van der Waals surface area contributed by atoms with Crippen molar-refractivity contribution in [3.05, 3.63) is 29.6 Å². The van der Waals surface area contributed by atoms with Gasteiger partial charge in [0, 0.05) is 18.6 Å². The van der Waals surface area contributed by atoms with E-state index in [-0.39, 0.29) is 23.9 Å². The zero-order chi connectivity index (χ0) is 13.3. The Bertz CT molecular complexity index is 431. The van der Waals surface area contributed by atoms with Crippen LogP contribution in [-0.2, 0) is 6.42 Å². The second-order valence-electron chi connectivity index (χ2n) is 5.87. The molecule has 1 heterocycles. The van der Waals surface area contributed by atoms with E-state index in [2.05, 4.69) is 20.8 Å². The maximum absolute atomic E-state index is 13.1. The second kappa shape index (κ2) is 4.88. The highest BCUT2D eigenvalue weighted by Crippen LogP contribution is 2.38. The minimum absolute atomic E-state index is 0.0429. The fourth-order valence-electron chi connectivity index (χ4n) is 2.41. The van der Waals surface area contributed by atoms with Crippen LogP contribution >= 0.6 is 0 Å². The number of benzene rings is 1. The summed E-state index contributed by atoms with van der Waals surface area (Å²) in [7, 11) is 0. The van der Waals surface area contributed by atoms with Crippen molar-refractivity contribution in [2.45, 2.75) is 39.7 Å². The summed E-state index contributed by atoms with van der Waals surface area (Å²) >= 11 is 0. The topological polar surface area (TPSA) is 29.5 Å². The van der Waals surface area contributed by atoms with Crippen molar-refractivity contribution in [2.24, 2.45) is 11.3 Å². The Morgan fingerprint density at radius 1 is 1.50 bits per heavy atom. The molecule has 2 rings (SSSR count). The lowest BCUT2D eigenvalue weighted by atomic mass is 9.75. The molecule has 0 spiro atoms. The van der Waals surface area contributed by atoms with Crippen molar-refractivity contribution in [1.82, 2.24) is 0 Å². The smallest absolute Gasteiger partial charge is 0.123 e. The molecule has 2 nitrogen and oxygen atoms in total. The number of aliphatic hydroxyl groups is 1. The number of ether oxygens (including phenoxy) is 1. The van der Waals surface area contributed by atoms with Gasteiger partial charge < -0.3 is 9.84 Å². The molecule has 0 amide bonds. The van der Waals surface area contributed by atoms with E-state index >= 15 is 0 Å². The Morgan fingerprint density at radius 2 is 2.22 bits per heavy atom.